The van der Waals surface area contributed by atoms with Crippen molar-refractivity contribution in [2.45, 2.75) is 19.9 Å². The first-order chi connectivity index (χ1) is 8.65. The summed E-state index contributed by atoms with van der Waals surface area (Å²) in [5.41, 5.74) is 0.624. The maximum absolute atomic E-state index is 11.5. The van der Waals surface area contributed by atoms with Crippen LogP contribution in [0.5, 0.6) is 0 Å². The Bertz CT molecular complexity index is 520. The van der Waals surface area contributed by atoms with Crippen molar-refractivity contribution in [3.8, 4) is 5.82 Å². The molecule has 18 heavy (non-hydrogen) atoms. The van der Waals surface area contributed by atoms with Gasteiger partial charge in [0.25, 0.3) is 0 Å². The predicted octanol–water partition coefficient (Wildman–Crippen LogP) is 1.80. The Morgan fingerprint density at radius 3 is 2.89 bits per heavy atom. The maximum Gasteiger partial charge on any atom is 0.319 e. The molecule has 6 heteroatoms. The number of aromatic nitrogens is 3. The van der Waals surface area contributed by atoms with Crippen molar-refractivity contribution in [1.82, 2.24) is 20.1 Å². The Morgan fingerprint density at radius 2 is 2.22 bits per heavy atom. The van der Waals surface area contributed by atoms with Crippen molar-refractivity contribution >= 4 is 11.7 Å². The van der Waals surface area contributed by atoms with Gasteiger partial charge >= 0.3 is 6.03 Å². The van der Waals surface area contributed by atoms with Crippen LogP contribution in [0.1, 0.15) is 13.8 Å². The van der Waals surface area contributed by atoms with Gasteiger partial charge in [-0.3, -0.25) is 0 Å². The first kappa shape index (κ1) is 12.1. The molecule has 0 aliphatic carbocycles. The van der Waals surface area contributed by atoms with Gasteiger partial charge in [0.1, 0.15) is 0 Å². The highest BCUT2D eigenvalue weighted by molar-refractivity contribution is 5.89. The van der Waals surface area contributed by atoms with Gasteiger partial charge < -0.3 is 10.6 Å². The molecule has 0 aromatic carbocycles. The molecule has 0 saturated carbocycles. The molecule has 0 fully saturated rings. The van der Waals surface area contributed by atoms with Gasteiger partial charge in [-0.2, -0.15) is 5.10 Å². The molecule has 0 bridgehead atoms. The van der Waals surface area contributed by atoms with E-state index in [1.165, 1.54) is 0 Å². The lowest BCUT2D eigenvalue weighted by atomic mass is 10.4. The molecule has 2 aromatic heterocycles. The largest absolute Gasteiger partial charge is 0.336 e. The van der Waals surface area contributed by atoms with Crippen LogP contribution in [0.3, 0.4) is 0 Å². The van der Waals surface area contributed by atoms with Crippen LogP contribution in [0.25, 0.3) is 5.82 Å². The fourth-order valence-corrected chi connectivity index (χ4v) is 1.43. The molecule has 2 amide bonds. The molecule has 2 heterocycles. The zero-order valence-corrected chi connectivity index (χ0v) is 10.3. The van der Waals surface area contributed by atoms with Gasteiger partial charge in [0, 0.05) is 12.2 Å². The number of nitrogens with zero attached hydrogens (tertiary/aromatic N) is 3. The average Bonchev–Trinajstić information content (AvgIpc) is 2.77. The maximum atomic E-state index is 11.5. The number of pyridine rings is 1. The molecule has 2 rings (SSSR count). The number of hydrogen-bond donors (Lipinski definition) is 2. The summed E-state index contributed by atoms with van der Waals surface area (Å²) in [6.45, 7) is 3.80. The van der Waals surface area contributed by atoms with Crippen molar-refractivity contribution in [2.75, 3.05) is 5.32 Å². The van der Waals surface area contributed by atoms with Crippen molar-refractivity contribution in [1.29, 1.82) is 0 Å². The summed E-state index contributed by atoms with van der Waals surface area (Å²) >= 11 is 0. The van der Waals surface area contributed by atoms with E-state index in [1.54, 1.807) is 23.3 Å². The number of carbonyl (C=O) groups excluding carboxylic acids is 1. The summed E-state index contributed by atoms with van der Waals surface area (Å²) in [7, 11) is 0. The van der Waals surface area contributed by atoms with Gasteiger partial charge in [-0.05, 0) is 26.0 Å². The summed E-state index contributed by atoms with van der Waals surface area (Å²) in [5.74, 6) is 0.704. The number of amides is 2. The SMILES string of the molecule is CC(C)NC(=O)Nc1cnn(-c2ccccn2)c1. The van der Waals surface area contributed by atoms with E-state index in [1.807, 2.05) is 32.0 Å². The predicted molar refractivity (Wildman–Crippen MR) is 68.6 cm³/mol. The van der Waals surface area contributed by atoms with E-state index in [9.17, 15) is 4.79 Å². The van der Waals surface area contributed by atoms with E-state index in [4.69, 9.17) is 0 Å². The minimum absolute atomic E-state index is 0.0934. The Hall–Kier alpha value is -2.37. The van der Waals surface area contributed by atoms with Crippen molar-refractivity contribution < 1.29 is 4.79 Å². The highest BCUT2D eigenvalue weighted by atomic mass is 16.2. The second kappa shape index (κ2) is 5.31. The minimum Gasteiger partial charge on any atom is -0.336 e. The van der Waals surface area contributed by atoms with Gasteiger partial charge in [-0.1, -0.05) is 6.07 Å². The molecule has 0 spiro atoms. The number of nitrogens with one attached hydrogen (secondary N) is 2. The zero-order chi connectivity index (χ0) is 13.0. The quantitative estimate of drug-likeness (QED) is 0.866. The molecular formula is C12H15N5O. The van der Waals surface area contributed by atoms with Crippen LogP contribution >= 0.6 is 0 Å². The first-order valence-electron chi connectivity index (χ1n) is 5.69. The van der Waals surface area contributed by atoms with Crippen molar-refractivity contribution in [3.63, 3.8) is 0 Å². The highest BCUT2D eigenvalue weighted by Gasteiger charge is 2.06. The third-order valence-corrected chi connectivity index (χ3v) is 2.14. The first-order valence-corrected chi connectivity index (χ1v) is 5.69. The summed E-state index contributed by atoms with van der Waals surface area (Å²) in [4.78, 5) is 15.7. The number of urea groups is 1. The van der Waals surface area contributed by atoms with Gasteiger partial charge in [-0.15, -0.1) is 0 Å². The minimum atomic E-state index is -0.245. The number of hydrogen-bond acceptors (Lipinski definition) is 3. The average molecular weight is 245 g/mol. The molecular weight excluding hydrogens is 230 g/mol. The van der Waals surface area contributed by atoms with E-state index in [-0.39, 0.29) is 12.1 Å². The van der Waals surface area contributed by atoms with Crippen molar-refractivity contribution in [3.05, 3.63) is 36.8 Å². The Labute approximate surface area is 105 Å². The fourth-order valence-electron chi connectivity index (χ4n) is 1.43. The third-order valence-electron chi connectivity index (χ3n) is 2.14. The van der Waals surface area contributed by atoms with Crippen LogP contribution < -0.4 is 10.6 Å². The second-order valence-electron chi connectivity index (χ2n) is 4.11. The molecule has 2 N–H and O–H groups in total. The summed E-state index contributed by atoms with van der Waals surface area (Å²) in [5, 5.41) is 9.57. The summed E-state index contributed by atoms with van der Waals surface area (Å²) in [6.07, 6.45) is 4.98. The van der Waals surface area contributed by atoms with Crippen LogP contribution in [0, 0.1) is 0 Å². The van der Waals surface area contributed by atoms with Gasteiger partial charge in [0.05, 0.1) is 18.1 Å². The van der Waals surface area contributed by atoms with Crippen molar-refractivity contribution in [2.24, 2.45) is 0 Å². The third kappa shape index (κ3) is 3.07. The zero-order valence-electron chi connectivity index (χ0n) is 10.3. The number of carbonyl (C=O) groups is 1. The molecule has 0 radical (unpaired) electrons. The molecule has 94 valence electrons. The Morgan fingerprint density at radius 1 is 1.39 bits per heavy atom. The number of anilines is 1. The molecule has 6 nitrogen and oxygen atoms in total. The Balaban J connectivity index is 2.05. The van der Waals surface area contributed by atoms with E-state index < -0.39 is 0 Å². The fraction of sp³-hybridized carbons (Fsp3) is 0.250. The second-order valence-corrected chi connectivity index (χ2v) is 4.11. The molecule has 2 aromatic rings. The molecule has 0 aliphatic rings. The van der Waals surface area contributed by atoms with E-state index in [0.29, 0.717) is 11.5 Å². The summed E-state index contributed by atoms with van der Waals surface area (Å²) < 4.78 is 1.60. The van der Waals surface area contributed by atoms with Crippen LogP contribution in [-0.4, -0.2) is 26.8 Å². The van der Waals surface area contributed by atoms with Crippen LogP contribution in [0.15, 0.2) is 36.8 Å². The molecule has 0 aliphatic heterocycles. The molecule has 0 saturated heterocycles. The van der Waals surface area contributed by atoms with E-state index >= 15 is 0 Å². The van der Waals surface area contributed by atoms with Gasteiger partial charge in [-0.25, -0.2) is 14.5 Å². The Kier molecular flexibility index (Phi) is 3.57. The number of rotatable bonds is 3. The van der Waals surface area contributed by atoms with E-state index in [0.717, 1.165) is 0 Å². The van der Waals surface area contributed by atoms with Crippen LogP contribution in [-0.2, 0) is 0 Å². The lowest BCUT2D eigenvalue weighted by molar-refractivity contribution is 0.250. The molecule has 0 unspecified atom stereocenters. The lowest BCUT2D eigenvalue weighted by Gasteiger charge is -2.08. The molecule has 0 atom stereocenters. The smallest absolute Gasteiger partial charge is 0.319 e. The monoisotopic (exact) mass is 245 g/mol. The van der Waals surface area contributed by atoms with Gasteiger partial charge in [0.2, 0.25) is 0 Å². The van der Waals surface area contributed by atoms with Crippen LogP contribution in [0.2, 0.25) is 0 Å². The summed E-state index contributed by atoms with van der Waals surface area (Å²) in [6, 6.07) is 5.40. The normalized spacial score (nSPS) is 10.4. The van der Waals surface area contributed by atoms with E-state index in [2.05, 4.69) is 20.7 Å². The van der Waals surface area contributed by atoms with Crippen LogP contribution in [0.4, 0.5) is 10.5 Å². The lowest BCUT2D eigenvalue weighted by Crippen LogP contribution is -2.34. The highest BCUT2D eigenvalue weighted by Crippen LogP contribution is 2.08. The topological polar surface area (TPSA) is 71.8 Å². The standard InChI is InChI=1S/C12H15N5O/c1-9(2)15-12(18)16-10-7-14-17(8-10)11-5-3-4-6-13-11/h3-9H,1-2H3,(H2,15,16,18). The van der Waals surface area contributed by atoms with Gasteiger partial charge in [0.15, 0.2) is 5.82 Å².